The Kier molecular flexibility index (Phi) is 4.76. The molecule has 166 valence electrons. The minimum absolute atomic E-state index is 0.00787. The molecule has 0 saturated carbocycles. The highest BCUT2D eigenvalue weighted by atomic mass is 35.5. The zero-order valence-corrected chi connectivity index (χ0v) is 19.0. The molecule has 3 aromatic carbocycles. The normalized spacial score (nSPS) is 16.7. The summed E-state index contributed by atoms with van der Waals surface area (Å²) in [7, 11) is 0. The van der Waals surface area contributed by atoms with Crippen LogP contribution in [0.5, 0.6) is 0 Å². The van der Waals surface area contributed by atoms with Crippen LogP contribution in [0.3, 0.4) is 0 Å². The van der Waals surface area contributed by atoms with E-state index in [-0.39, 0.29) is 5.95 Å². The Balaban J connectivity index is 1.48. The number of fused-ring (bicyclic) bond motifs is 2. The van der Waals surface area contributed by atoms with Crippen molar-refractivity contribution in [2.75, 3.05) is 10.2 Å². The maximum absolute atomic E-state index is 13.0. The second kappa shape index (κ2) is 7.83. The molecule has 1 N–H and O–H groups in total. The summed E-state index contributed by atoms with van der Waals surface area (Å²) >= 11 is 12.7. The van der Waals surface area contributed by atoms with E-state index in [4.69, 9.17) is 23.2 Å². The molecule has 0 aliphatic carbocycles. The van der Waals surface area contributed by atoms with E-state index in [9.17, 15) is 9.59 Å². The van der Waals surface area contributed by atoms with E-state index in [1.807, 2.05) is 42.5 Å². The molecule has 9 heteroatoms. The Morgan fingerprint density at radius 3 is 2.21 bits per heavy atom. The van der Waals surface area contributed by atoms with Crippen LogP contribution in [0.2, 0.25) is 10.0 Å². The van der Waals surface area contributed by atoms with Gasteiger partial charge in [0.2, 0.25) is 5.95 Å². The molecule has 0 spiro atoms. The van der Waals surface area contributed by atoms with E-state index in [0.717, 1.165) is 21.7 Å². The first-order valence-corrected chi connectivity index (χ1v) is 11.2. The summed E-state index contributed by atoms with van der Waals surface area (Å²) in [5.74, 6) is -0.544. The Labute approximate surface area is 204 Å². The summed E-state index contributed by atoms with van der Waals surface area (Å²) < 4.78 is 1.61. The molecule has 0 bridgehead atoms. The van der Waals surface area contributed by atoms with E-state index in [1.54, 1.807) is 41.1 Å². The van der Waals surface area contributed by atoms with Crippen LogP contribution in [0.25, 0.3) is 5.70 Å². The van der Waals surface area contributed by atoms with Crippen molar-refractivity contribution in [2.24, 2.45) is 0 Å². The van der Waals surface area contributed by atoms with Crippen molar-refractivity contribution in [1.82, 2.24) is 14.8 Å². The average molecular weight is 488 g/mol. The number of amides is 2. The first-order valence-electron chi connectivity index (χ1n) is 10.4. The molecule has 0 fully saturated rings. The van der Waals surface area contributed by atoms with Crippen LogP contribution >= 0.6 is 23.2 Å². The third-order valence-electron chi connectivity index (χ3n) is 5.81. The van der Waals surface area contributed by atoms with Crippen molar-refractivity contribution in [3.8, 4) is 0 Å². The number of imide groups is 1. The molecule has 2 amide bonds. The van der Waals surface area contributed by atoms with Gasteiger partial charge in [-0.1, -0.05) is 71.7 Å². The van der Waals surface area contributed by atoms with Crippen molar-refractivity contribution < 1.29 is 9.59 Å². The highest BCUT2D eigenvalue weighted by Crippen LogP contribution is 2.38. The number of carbonyl (C=O) groups is 2. The van der Waals surface area contributed by atoms with Gasteiger partial charge in [-0.2, -0.15) is 4.98 Å². The number of anilines is 2. The van der Waals surface area contributed by atoms with Gasteiger partial charge in [-0.15, -0.1) is 5.10 Å². The van der Waals surface area contributed by atoms with Crippen LogP contribution < -0.4 is 10.2 Å². The van der Waals surface area contributed by atoms with Gasteiger partial charge in [0, 0.05) is 15.7 Å². The number of allylic oxidation sites excluding steroid dienone is 1. The Morgan fingerprint density at radius 2 is 1.53 bits per heavy atom. The fourth-order valence-corrected chi connectivity index (χ4v) is 4.72. The molecular formula is C25H15Cl2N5O2. The van der Waals surface area contributed by atoms with Crippen molar-refractivity contribution in [2.45, 2.75) is 6.04 Å². The first-order chi connectivity index (χ1) is 16.5. The largest absolute Gasteiger partial charge is 0.324 e. The molecule has 2 aliphatic heterocycles. The molecule has 0 saturated heterocycles. The molecular weight excluding hydrogens is 473 g/mol. The molecule has 6 rings (SSSR count). The number of nitrogens with zero attached hydrogens (tertiary/aromatic N) is 4. The second-order valence-electron chi connectivity index (χ2n) is 7.85. The molecule has 34 heavy (non-hydrogen) atoms. The predicted molar refractivity (Wildman–Crippen MR) is 130 cm³/mol. The Bertz CT molecular complexity index is 1480. The van der Waals surface area contributed by atoms with Gasteiger partial charge in [0.1, 0.15) is 6.04 Å². The zero-order valence-electron chi connectivity index (χ0n) is 17.4. The summed E-state index contributed by atoms with van der Waals surface area (Å²) in [4.78, 5) is 31.5. The number of aromatic nitrogens is 3. The summed E-state index contributed by atoms with van der Waals surface area (Å²) in [6, 6.07) is 21.2. The van der Waals surface area contributed by atoms with Crippen molar-refractivity contribution >= 4 is 52.6 Å². The topological polar surface area (TPSA) is 80.1 Å². The lowest BCUT2D eigenvalue weighted by Crippen LogP contribution is -2.30. The number of halogens is 2. The van der Waals surface area contributed by atoms with Gasteiger partial charge in [-0.05, 0) is 41.5 Å². The average Bonchev–Trinajstić information content (AvgIpc) is 3.38. The van der Waals surface area contributed by atoms with E-state index in [1.165, 1.54) is 0 Å². The van der Waals surface area contributed by atoms with E-state index in [0.29, 0.717) is 27.1 Å². The van der Waals surface area contributed by atoms with Gasteiger partial charge < -0.3 is 5.32 Å². The molecule has 0 unspecified atom stereocenters. The molecule has 1 aromatic heterocycles. The van der Waals surface area contributed by atoms with Crippen molar-refractivity contribution in [1.29, 1.82) is 0 Å². The lowest BCUT2D eigenvalue weighted by molar-refractivity contribution is 0.0924. The predicted octanol–water partition coefficient (Wildman–Crippen LogP) is 5.44. The smallest absolute Gasteiger partial charge is 0.268 e. The first kappa shape index (κ1) is 20.7. The third kappa shape index (κ3) is 3.21. The SMILES string of the molecule is O=C1c2ccccc2C(=O)N1c1nc2n(n1)[C@H](c1ccc(Cl)cc1Cl)C=C(c1ccccc1)N2. The fourth-order valence-electron chi connectivity index (χ4n) is 4.20. The van der Waals surface area contributed by atoms with Crippen LogP contribution in [0.4, 0.5) is 11.9 Å². The minimum Gasteiger partial charge on any atom is -0.324 e. The van der Waals surface area contributed by atoms with Gasteiger partial charge in [0.25, 0.3) is 17.8 Å². The lowest BCUT2D eigenvalue weighted by Gasteiger charge is -2.25. The van der Waals surface area contributed by atoms with Gasteiger partial charge in [-0.3, -0.25) is 9.59 Å². The lowest BCUT2D eigenvalue weighted by atomic mass is 10.0. The Morgan fingerprint density at radius 1 is 0.853 bits per heavy atom. The maximum Gasteiger partial charge on any atom is 0.268 e. The summed E-state index contributed by atoms with van der Waals surface area (Å²) in [5.41, 5.74) is 3.14. The number of nitrogens with one attached hydrogen (secondary N) is 1. The monoisotopic (exact) mass is 487 g/mol. The fraction of sp³-hybridized carbons (Fsp3) is 0.0400. The summed E-state index contributed by atoms with van der Waals surface area (Å²) in [6.07, 6.45) is 1.97. The molecule has 0 radical (unpaired) electrons. The molecule has 4 aromatic rings. The molecule has 1 atom stereocenters. The van der Waals surface area contributed by atoms with Gasteiger partial charge >= 0.3 is 0 Å². The van der Waals surface area contributed by atoms with Gasteiger partial charge in [0.05, 0.1) is 11.1 Å². The molecule has 3 heterocycles. The summed E-state index contributed by atoms with van der Waals surface area (Å²) in [5, 5.41) is 8.81. The highest BCUT2D eigenvalue weighted by molar-refractivity contribution is 6.35. The third-order valence-corrected chi connectivity index (χ3v) is 6.38. The van der Waals surface area contributed by atoms with E-state index in [2.05, 4.69) is 15.4 Å². The van der Waals surface area contributed by atoms with E-state index < -0.39 is 17.9 Å². The molecule has 2 aliphatic rings. The number of hydrogen-bond donors (Lipinski definition) is 1. The number of benzene rings is 3. The van der Waals surface area contributed by atoms with Crippen molar-refractivity contribution in [3.05, 3.63) is 111 Å². The van der Waals surface area contributed by atoms with Crippen LogP contribution in [0.15, 0.2) is 78.9 Å². The van der Waals surface area contributed by atoms with Crippen LogP contribution in [-0.4, -0.2) is 26.6 Å². The number of carbonyl (C=O) groups excluding carboxylic acids is 2. The molecule has 7 nitrogen and oxygen atoms in total. The number of hydrogen-bond acceptors (Lipinski definition) is 5. The second-order valence-corrected chi connectivity index (χ2v) is 8.70. The number of rotatable bonds is 3. The van der Waals surface area contributed by atoms with Crippen LogP contribution in [-0.2, 0) is 0 Å². The highest BCUT2D eigenvalue weighted by Gasteiger charge is 2.40. The van der Waals surface area contributed by atoms with Gasteiger partial charge in [-0.25, -0.2) is 9.58 Å². The maximum atomic E-state index is 13.0. The quantitative estimate of drug-likeness (QED) is 0.389. The van der Waals surface area contributed by atoms with Crippen molar-refractivity contribution in [3.63, 3.8) is 0 Å². The van der Waals surface area contributed by atoms with Gasteiger partial charge in [0.15, 0.2) is 0 Å². The standard InChI is InChI=1S/C25H15Cl2N5O2/c26-15-10-11-18(19(27)12-15)21-13-20(14-6-2-1-3-7-14)28-24-29-25(30-32(21)24)31-22(33)16-8-4-5-9-17(16)23(31)34/h1-13,21H,(H,28,29,30)/t21-/m0/s1. The minimum atomic E-state index is -0.458. The van der Waals surface area contributed by atoms with E-state index >= 15 is 0 Å². The summed E-state index contributed by atoms with van der Waals surface area (Å²) in [6.45, 7) is 0. The zero-order chi connectivity index (χ0) is 23.4. The van der Waals surface area contributed by atoms with Crippen LogP contribution in [0, 0.1) is 0 Å². The van der Waals surface area contributed by atoms with Crippen LogP contribution in [0.1, 0.15) is 37.9 Å². The Hall–Kier alpha value is -3.94.